The fourth-order valence-electron chi connectivity index (χ4n) is 2.72. The Morgan fingerprint density at radius 2 is 1.96 bits per heavy atom. The van der Waals surface area contributed by atoms with Gasteiger partial charge in [-0.05, 0) is 49.2 Å². The van der Waals surface area contributed by atoms with Crippen molar-refractivity contribution in [2.24, 2.45) is 0 Å². The number of rotatable bonds is 11. The van der Waals surface area contributed by atoms with Gasteiger partial charge in [0.15, 0.2) is 0 Å². The smallest absolute Gasteiger partial charge is 0.304 e. The van der Waals surface area contributed by atoms with Crippen molar-refractivity contribution in [2.75, 3.05) is 6.54 Å². The lowest BCUT2D eigenvalue weighted by atomic mass is 10.1. The third-order valence-electron chi connectivity index (χ3n) is 4.15. The number of aromatic nitrogens is 1. The molecule has 0 bridgehead atoms. The van der Waals surface area contributed by atoms with Gasteiger partial charge in [0, 0.05) is 18.7 Å². The Hall–Kier alpha value is -2.40. The lowest BCUT2D eigenvalue weighted by Gasteiger charge is -2.17. The fourth-order valence-corrected chi connectivity index (χ4v) is 2.72. The van der Waals surface area contributed by atoms with E-state index in [0.717, 1.165) is 42.0 Å². The number of carboxylic acid groups (broad SMARTS) is 1. The van der Waals surface area contributed by atoms with Gasteiger partial charge < -0.3 is 15.2 Å². The first-order valence-electron chi connectivity index (χ1n) is 9.28. The summed E-state index contributed by atoms with van der Waals surface area (Å²) in [5, 5.41) is 11.8. The maximum absolute atomic E-state index is 10.5. The van der Waals surface area contributed by atoms with Crippen LogP contribution >= 0.6 is 0 Å². The van der Waals surface area contributed by atoms with Gasteiger partial charge in [0.05, 0.1) is 23.9 Å². The Labute approximate surface area is 155 Å². The van der Waals surface area contributed by atoms with E-state index in [2.05, 4.69) is 24.1 Å². The van der Waals surface area contributed by atoms with Gasteiger partial charge in [-0.2, -0.15) is 0 Å². The monoisotopic (exact) mass is 356 g/mol. The molecule has 0 aliphatic heterocycles. The van der Waals surface area contributed by atoms with Crippen LogP contribution in [0, 0.1) is 0 Å². The normalized spacial score (nSPS) is 11.9. The quantitative estimate of drug-likeness (QED) is 0.588. The van der Waals surface area contributed by atoms with E-state index in [9.17, 15) is 4.79 Å². The molecular weight excluding hydrogens is 328 g/mol. The summed E-state index contributed by atoms with van der Waals surface area (Å²) in [6, 6.07) is 13.9. The second-order valence-electron chi connectivity index (χ2n) is 6.30. The molecule has 140 valence electrons. The second-order valence-corrected chi connectivity index (χ2v) is 6.30. The van der Waals surface area contributed by atoms with E-state index in [1.165, 1.54) is 0 Å². The van der Waals surface area contributed by atoms with Gasteiger partial charge in [0.25, 0.3) is 0 Å². The standard InChI is InChI=1S/C21H28N2O3/c1-3-6-18(4-2)26-19-11-9-16(10-12-19)20-8-5-7-17(23-20)15-22-14-13-21(24)25/h5,7-12,18,22H,3-4,6,13-15H2,1-2H3,(H,24,25). The molecule has 0 spiro atoms. The Balaban J connectivity index is 1.97. The third-order valence-corrected chi connectivity index (χ3v) is 4.15. The summed E-state index contributed by atoms with van der Waals surface area (Å²) in [5.74, 6) is 0.0892. The van der Waals surface area contributed by atoms with Crippen molar-refractivity contribution in [3.63, 3.8) is 0 Å². The summed E-state index contributed by atoms with van der Waals surface area (Å²) < 4.78 is 6.03. The van der Waals surface area contributed by atoms with Gasteiger partial charge in [0.2, 0.25) is 0 Å². The molecule has 5 nitrogen and oxygen atoms in total. The number of nitrogens with zero attached hydrogens (tertiary/aromatic N) is 1. The Bertz CT molecular complexity index is 686. The van der Waals surface area contributed by atoms with Crippen molar-refractivity contribution in [3.05, 3.63) is 48.2 Å². The van der Waals surface area contributed by atoms with Gasteiger partial charge in [-0.1, -0.05) is 26.3 Å². The van der Waals surface area contributed by atoms with Crippen LogP contribution in [0.4, 0.5) is 0 Å². The Morgan fingerprint density at radius 1 is 1.19 bits per heavy atom. The zero-order chi connectivity index (χ0) is 18.8. The summed E-state index contributed by atoms with van der Waals surface area (Å²) in [6.07, 6.45) is 3.57. The first kappa shape index (κ1) is 19.9. The van der Waals surface area contributed by atoms with Crippen molar-refractivity contribution < 1.29 is 14.6 Å². The molecule has 0 aliphatic carbocycles. The summed E-state index contributed by atoms with van der Waals surface area (Å²) in [6.45, 7) is 5.31. The third kappa shape index (κ3) is 6.48. The highest BCUT2D eigenvalue weighted by atomic mass is 16.5. The SMILES string of the molecule is CCCC(CC)Oc1ccc(-c2cccc(CNCCC(=O)O)n2)cc1. The highest BCUT2D eigenvalue weighted by Gasteiger charge is 2.07. The van der Waals surface area contributed by atoms with Crippen molar-refractivity contribution in [2.45, 2.75) is 52.2 Å². The Kier molecular flexibility index (Phi) is 8.09. The van der Waals surface area contributed by atoms with E-state index in [1.54, 1.807) is 0 Å². The number of aliphatic carboxylic acids is 1. The molecule has 26 heavy (non-hydrogen) atoms. The Morgan fingerprint density at radius 3 is 2.62 bits per heavy atom. The van der Waals surface area contributed by atoms with Crippen LogP contribution in [0.15, 0.2) is 42.5 Å². The maximum atomic E-state index is 10.5. The fraction of sp³-hybridized carbons (Fsp3) is 0.429. The molecule has 2 N–H and O–H groups in total. The van der Waals surface area contributed by atoms with Gasteiger partial charge in [-0.15, -0.1) is 0 Å². The molecule has 1 atom stereocenters. The lowest BCUT2D eigenvalue weighted by Crippen LogP contribution is -2.18. The molecule has 0 aliphatic rings. The molecule has 1 aromatic heterocycles. The minimum atomic E-state index is -0.800. The van der Waals surface area contributed by atoms with Crippen LogP contribution < -0.4 is 10.1 Å². The van der Waals surface area contributed by atoms with Crippen LogP contribution in [0.3, 0.4) is 0 Å². The van der Waals surface area contributed by atoms with E-state index in [0.29, 0.717) is 13.1 Å². The zero-order valence-electron chi connectivity index (χ0n) is 15.6. The molecule has 0 fully saturated rings. The van der Waals surface area contributed by atoms with Crippen molar-refractivity contribution in [1.82, 2.24) is 10.3 Å². The molecule has 1 aromatic carbocycles. The van der Waals surface area contributed by atoms with E-state index in [4.69, 9.17) is 9.84 Å². The van der Waals surface area contributed by atoms with Crippen LogP contribution in [0.2, 0.25) is 0 Å². The summed E-state index contributed by atoms with van der Waals surface area (Å²) >= 11 is 0. The molecule has 0 saturated heterocycles. The maximum Gasteiger partial charge on any atom is 0.304 e. The zero-order valence-corrected chi connectivity index (χ0v) is 15.6. The molecule has 5 heteroatoms. The van der Waals surface area contributed by atoms with Crippen LogP contribution in [0.1, 0.15) is 45.2 Å². The molecule has 0 radical (unpaired) electrons. The first-order chi connectivity index (χ1) is 12.6. The van der Waals surface area contributed by atoms with E-state index >= 15 is 0 Å². The van der Waals surface area contributed by atoms with E-state index in [1.807, 2.05) is 42.5 Å². The van der Waals surface area contributed by atoms with Crippen LogP contribution in [-0.2, 0) is 11.3 Å². The summed E-state index contributed by atoms with van der Waals surface area (Å²) in [4.78, 5) is 15.2. The molecule has 2 aromatic rings. The van der Waals surface area contributed by atoms with Crippen molar-refractivity contribution in [1.29, 1.82) is 0 Å². The highest BCUT2D eigenvalue weighted by Crippen LogP contribution is 2.23. The van der Waals surface area contributed by atoms with Gasteiger partial charge in [-0.3, -0.25) is 9.78 Å². The number of nitrogens with one attached hydrogen (secondary N) is 1. The number of carboxylic acids is 1. The molecule has 0 saturated carbocycles. The average Bonchev–Trinajstić information content (AvgIpc) is 2.65. The predicted molar refractivity (Wildman–Crippen MR) is 103 cm³/mol. The highest BCUT2D eigenvalue weighted by molar-refractivity contribution is 5.66. The first-order valence-corrected chi connectivity index (χ1v) is 9.28. The topological polar surface area (TPSA) is 71.5 Å². The van der Waals surface area contributed by atoms with Crippen LogP contribution in [0.25, 0.3) is 11.3 Å². The largest absolute Gasteiger partial charge is 0.490 e. The minimum absolute atomic E-state index is 0.109. The van der Waals surface area contributed by atoms with E-state index in [-0.39, 0.29) is 12.5 Å². The van der Waals surface area contributed by atoms with Crippen LogP contribution in [0.5, 0.6) is 5.75 Å². The lowest BCUT2D eigenvalue weighted by molar-refractivity contribution is -0.136. The number of carbonyl (C=O) groups is 1. The number of hydrogen-bond donors (Lipinski definition) is 2. The average molecular weight is 356 g/mol. The van der Waals surface area contributed by atoms with Gasteiger partial charge in [-0.25, -0.2) is 0 Å². The predicted octanol–water partition coefficient (Wildman–Crippen LogP) is 4.27. The molecule has 1 unspecified atom stereocenters. The van der Waals surface area contributed by atoms with Crippen molar-refractivity contribution in [3.8, 4) is 17.0 Å². The van der Waals surface area contributed by atoms with Crippen LogP contribution in [-0.4, -0.2) is 28.7 Å². The number of hydrogen-bond acceptors (Lipinski definition) is 4. The second kappa shape index (κ2) is 10.6. The van der Waals surface area contributed by atoms with Gasteiger partial charge >= 0.3 is 5.97 Å². The number of benzene rings is 1. The van der Waals surface area contributed by atoms with Crippen molar-refractivity contribution >= 4 is 5.97 Å². The summed E-state index contributed by atoms with van der Waals surface area (Å²) in [7, 11) is 0. The molecule has 0 amide bonds. The molecule has 2 rings (SSSR count). The molecule has 1 heterocycles. The van der Waals surface area contributed by atoms with E-state index < -0.39 is 5.97 Å². The number of pyridine rings is 1. The van der Waals surface area contributed by atoms with Gasteiger partial charge in [0.1, 0.15) is 5.75 Å². The number of ether oxygens (including phenoxy) is 1. The minimum Gasteiger partial charge on any atom is -0.490 e. The summed E-state index contributed by atoms with van der Waals surface area (Å²) in [5.41, 5.74) is 2.82. The molecular formula is C21H28N2O3.